The molecule has 17 heavy (non-hydrogen) atoms. The summed E-state index contributed by atoms with van der Waals surface area (Å²) in [5, 5.41) is 0.773. The van der Waals surface area contributed by atoms with Crippen molar-refractivity contribution < 1.29 is 4.74 Å². The van der Waals surface area contributed by atoms with Gasteiger partial charge in [-0.1, -0.05) is 11.6 Å². The lowest BCUT2D eigenvalue weighted by Crippen LogP contribution is -2.49. The van der Waals surface area contributed by atoms with E-state index >= 15 is 0 Å². The normalized spacial score (nSPS) is 29.4. The molecule has 2 unspecified atom stereocenters. The number of aromatic nitrogens is 1. The summed E-state index contributed by atoms with van der Waals surface area (Å²) < 4.78 is 5.82. The van der Waals surface area contributed by atoms with E-state index in [1.165, 1.54) is 0 Å². The fourth-order valence-electron chi connectivity index (χ4n) is 2.68. The number of rotatable bonds is 1. The van der Waals surface area contributed by atoms with Gasteiger partial charge in [0.05, 0.1) is 35.7 Å². The number of hydrogen-bond acceptors (Lipinski definition) is 4. The summed E-state index contributed by atoms with van der Waals surface area (Å²) in [5.41, 5.74) is 1.03. The van der Waals surface area contributed by atoms with Crippen LogP contribution in [0.1, 0.15) is 0 Å². The second-order valence-electron chi connectivity index (χ2n) is 4.81. The summed E-state index contributed by atoms with van der Waals surface area (Å²) >= 11 is 6.25. The van der Waals surface area contributed by atoms with Crippen LogP contribution >= 0.6 is 11.6 Å². The molecule has 0 amide bonds. The highest BCUT2D eigenvalue weighted by Crippen LogP contribution is 2.30. The molecule has 0 aromatic carbocycles. The Balaban J connectivity index is 1.91. The molecule has 4 rings (SSSR count). The molecule has 3 aliphatic rings. The fraction of sp³-hybridized carbons (Fsp3) is 0.583. The number of pyridine rings is 1. The van der Waals surface area contributed by atoms with Crippen LogP contribution in [0.15, 0.2) is 18.5 Å². The summed E-state index contributed by atoms with van der Waals surface area (Å²) in [7, 11) is 2.14. The Morgan fingerprint density at radius 3 is 3.12 bits per heavy atom. The summed E-state index contributed by atoms with van der Waals surface area (Å²) in [6.45, 7) is 3.69. The minimum Gasteiger partial charge on any atom is -0.373 e. The van der Waals surface area contributed by atoms with Gasteiger partial charge in [0.2, 0.25) is 0 Å². The molecule has 92 valence electrons. The minimum absolute atomic E-state index is 0.273. The maximum Gasteiger partial charge on any atom is 0.0877 e. The van der Waals surface area contributed by atoms with E-state index in [0.717, 1.165) is 37.0 Å². The molecule has 4 heterocycles. The van der Waals surface area contributed by atoms with E-state index in [9.17, 15) is 0 Å². The Labute approximate surface area is 106 Å². The lowest BCUT2D eigenvalue weighted by atomic mass is 10.2. The smallest absolute Gasteiger partial charge is 0.0877 e. The van der Waals surface area contributed by atoms with E-state index in [4.69, 9.17) is 16.3 Å². The third-order valence-corrected chi connectivity index (χ3v) is 3.78. The van der Waals surface area contributed by atoms with Gasteiger partial charge in [0, 0.05) is 25.8 Å². The third kappa shape index (κ3) is 2.12. The molecule has 2 atom stereocenters. The number of likely N-dealkylation sites (N-methyl/N-ethyl adjacent to an activating group) is 1. The number of morpholine rings is 1. The first-order valence-electron chi connectivity index (χ1n) is 5.90. The third-order valence-electron chi connectivity index (χ3n) is 3.46. The van der Waals surface area contributed by atoms with Crippen molar-refractivity contribution in [3.63, 3.8) is 0 Å². The van der Waals surface area contributed by atoms with Gasteiger partial charge in [-0.25, -0.2) is 0 Å². The van der Waals surface area contributed by atoms with Gasteiger partial charge in [-0.2, -0.15) is 0 Å². The number of anilines is 1. The second kappa shape index (κ2) is 4.44. The molecule has 0 N–H and O–H groups in total. The Hall–Kier alpha value is -0.840. The Kier molecular flexibility index (Phi) is 2.94. The molecule has 0 saturated carbocycles. The molecule has 5 heteroatoms. The van der Waals surface area contributed by atoms with Crippen molar-refractivity contribution in [1.29, 1.82) is 0 Å². The zero-order valence-electron chi connectivity index (χ0n) is 9.84. The van der Waals surface area contributed by atoms with Crippen LogP contribution < -0.4 is 4.90 Å². The monoisotopic (exact) mass is 253 g/mol. The number of hydrogen-bond donors (Lipinski definition) is 0. The van der Waals surface area contributed by atoms with Gasteiger partial charge in [0.25, 0.3) is 0 Å². The van der Waals surface area contributed by atoms with Gasteiger partial charge in [-0.15, -0.1) is 0 Å². The van der Waals surface area contributed by atoms with Gasteiger partial charge < -0.3 is 14.5 Å². The molecule has 4 nitrogen and oxygen atoms in total. The average Bonchev–Trinajstić information content (AvgIpc) is 2.58. The van der Waals surface area contributed by atoms with E-state index in [1.807, 2.05) is 12.3 Å². The van der Waals surface area contributed by atoms with E-state index in [1.54, 1.807) is 6.20 Å². The zero-order valence-corrected chi connectivity index (χ0v) is 10.6. The first kappa shape index (κ1) is 11.3. The van der Waals surface area contributed by atoms with Crippen LogP contribution in [0.5, 0.6) is 0 Å². The molecule has 0 aliphatic carbocycles. The van der Waals surface area contributed by atoms with E-state index < -0.39 is 0 Å². The molecular formula is C12H16ClN3O. The molecule has 3 saturated heterocycles. The predicted molar refractivity (Wildman–Crippen MR) is 67.6 cm³/mol. The van der Waals surface area contributed by atoms with Crippen LogP contribution in [0.25, 0.3) is 0 Å². The molecule has 3 aliphatic heterocycles. The molecular weight excluding hydrogens is 238 g/mol. The van der Waals surface area contributed by atoms with Gasteiger partial charge in [-0.05, 0) is 13.1 Å². The van der Waals surface area contributed by atoms with Crippen molar-refractivity contribution in [3.05, 3.63) is 23.5 Å². The molecule has 0 radical (unpaired) electrons. The zero-order chi connectivity index (χ0) is 11.8. The van der Waals surface area contributed by atoms with Gasteiger partial charge >= 0.3 is 0 Å². The standard InChI is InChI=1S/C12H16ClN3O/c1-15-5-9-8-17-10(6-15)7-16(9)12-4-14-3-2-11(12)13/h2-4,9-10H,5-8H2,1H3. The number of ether oxygens (including phenoxy) is 1. The molecule has 2 bridgehead atoms. The lowest BCUT2D eigenvalue weighted by Gasteiger charge is -2.38. The van der Waals surface area contributed by atoms with E-state index in [-0.39, 0.29) is 6.10 Å². The van der Waals surface area contributed by atoms with Crippen LogP contribution in [0.2, 0.25) is 5.02 Å². The van der Waals surface area contributed by atoms with Crippen LogP contribution in [0.4, 0.5) is 5.69 Å². The topological polar surface area (TPSA) is 28.6 Å². The van der Waals surface area contributed by atoms with Crippen molar-refractivity contribution in [3.8, 4) is 0 Å². The van der Waals surface area contributed by atoms with E-state index in [0.29, 0.717) is 6.04 Å². The molecule has 3 fully saturated rings. The summed E-state index contributed by atoms with van der Waals surface area (Å²) in [4.78, 5) is 8.84. The highest BCUT2D eigenvalue weighted by atomic mass is 35.5. The van der Waals surface area contributed by atoms with Crippen molar-refractivity contribution in [2.75, 3.05) is 38.2 Å². The Bertz CT molecular complexity index is 414. The van der Waals surface area contributed by atoms with E-state index in [2.05, 4.69) is 21.8 Å². The van der Waals surface area contributed by atoms with Crippen molar-refractivity contribution in [2.24, 2.45) is 0 Å². The summed E-state index contributed by atoms with van der Waals surface area (Å²) in [5.74, 6) is 0. The molecule has 1 aromatic rings. The van der Waals surface area contributed by atoms with Gasteiger partial charge in [0.1, 0.15) is 0 Å². The number of nitrogens with zero attached hydrogens (tertiary/aromatic N) is 3. The number of halogens is 1. The van der Waals surface area contributed by atoms with Crippen LogP contribution in [0.3, 0.4) is 0 Å². The van der Waals surface area contributed by atoms with Crippen LogP contribution in [-0.2, 0) is 4.74 Å². The van der Waals surface area contributed by atoms with Gasteiger partial charge in [-0.3, -0.25) is 4.98 Å². The largest absolute Gasteiger partial charge is 0.373 e. The maximum absolute atomic E-state index is 6.25. The summed E-state index contributed by atoms with van der Waals surface area (Å²) in [6, 6.07) is 2.22. The highest BCUT2D eigenvalue weighted by molar-refractivity contribution is 6.33. The van der Waals surface area contributed by atoms with Crippen molar-refractivity contribution in [1.82, 2.24) is 9.88 Å². The highest BCUT2D eigenvalue weighted by Gasteiger charge is 2.35. The predicted octanol–water partition coefficient (Wildman–Crippen LogP) is 1.25. The van der Waals surface area contributed by atoms with Crippen molar-refractivity contribution >= 4 is 17.3 Å². The average molecular weight is 254 g/mol. The second-order valence-corrected chi connectivity index (χ2v) is 5.22. The first-order chi connectivity index (χ1) is 8.24. The Morgan fingerprint density at radius 1 is 1.41 bits per heavy atom. The minimum atomic E-state index is 0.273. The van der Waals surface area contributed by atoms with Crippen LogP contribution in [-0.4, -0.2) is 55.3 Å². The van der Waals surface area contributed by atoms with Gasteiger partial charge in [0.15, 0.2) is 0 Å². The molecule has 0 spiro atoms. The maximum atomic E-state index is 6.25. The Morgan fingerprint density at radius 2 is 2.29 bits per heavy atom. The van der Waals surface area contributed by atoms with Crippen LogP contribution in [0, 0.1) is 0 Å². The molecule has 1 aromatic heterocycles. The summed E-state index contributed by atoms with van der Waals surface area (Å²) in [6.07, 6.45) is 3.85. The first-order valence-corrected chi connectivity index (χ1v) is 6.28. The lowest BCUT2D eigenvalue weighted by molar-refractivity contribution is 0.0348. The number of fused-ring (bicyclic) bond motifs is 4. The SMILES string of the molecule is CN1CC2CN(c3cnccc3Cl)C(CO2)C1. The van der Waals surface area contributed by atoms with Crippen molar-refractivity contribution in [2.45, 2.75) is 12.1 Å². The quantitative estimate of drug-likeness (QED) is 0.753. The fourth-order valence-corrected chi connectivity index (χ4v) is 2.89.